The van der Waals surface area contributed by atoms with Crippen LogP contribution >= 0.6 is 11.3 Å². The van der Waals surface area contributed by atoms with E-state index in [4.69, 9.17) is 0 Å². The highest BCUT2D eigenvalue weighted by Crippen LogP contribution is 2.25. The first kappa shape index (κ1) is 15.0. The van der Waals surface area contributed by atoms with E-state index in [0.717, 1.165) is 10.4 Å². The molecule has 3 rings (SSSR count). The minimum atomic E-state index is -0.254. The Morgan fingerprint density at radius 1 is 1.13 bits per heavy atom. The molecule has 23 heavy (non-hydrogen) atoms. The summed E-state index contributed by atoms with van der Waals surface area (Å²) in [5.41, 5.74) is 1.73. The minimum absolute atomic E-state index is 0.197. The van der Waals surface area contributed by atoms with Crippen LogP contribution in [0.3, 0.4) is 0 Å². The predicted octanol–water partition coefficient (Wildman–Crippen LogP) is 4.16. The number of aromatic nitrogens is 1. The first-order valence-electron chi connectivity index (χ1n) is 7.18. The summed E-state index contributed by atoms with van der Waals surface area (Å²) in [7, 11) is 0. The molecule has 3 nitrogen and oxygen atoms in total. The van der Waals surface area contributed by atoms with E-state index in [-0.39, 0.29) is 11.1 Å². The third-order valence-electron chi connectivity index (χ3n) is 3.48. The van der Waals surface area contributed by atoms with E-state index < -0.39 is 0 Å². The maximum absolute atomic E-state index is 12.5. The summed E-state index contributed by atoms with van der Waals surface area (Å²) in [4.78, 5) is 13.4. The molecule has 0 amide bonds. The van der Waals surface area contributed by atoms with Crippen molar-refractivity contribution < 1.29 is 0 Å². The molecule has 2 aromatic heterocycles. The van der Waals surface area contributed by atoms with Gasteiger partial charge in [0.05, 0.1) is 0 Å². The Balaban J connectivity index is 1.89. The molecule has 0 saturated heterocycles. The number of benzene rings is 1. The average molecular weight is 318 g/mol. The summed E-state index contributed by atoms with van der Waals surface area (Å²) in [6.45, 7) is 0.438. The van der Waals surface area contributed by atoms with Crippen molar-refractivity contribution in [1.82, 2.24) is 4.57 Å². The Labute approximate surface area is 138 Å². The van der Waals surface area contributed by atoms with Gasteiger partial charge in [0.25, 0.3) is 5.56 Å². The van der Waals surface area contributed by atoms with Gasteiger partial charge in [-0.25, -0.2) is 0 Å². The molecule has 0 fully saturated rings. The number of rotatable bonds is 4. The van der Waals surface area contributed by atoms with Crippen LogP contribution in [-0.2, 0) is 6.54 Å². The zero-order valence-corrected chi connectivity index (χ0v) is 13.2. The number of hydrogen-bond acceptors (Lipinski definition) is 3. The summed E-state index contributed by atoms with van der Waals surface area (Å²) in [6, 6.07) is 17.6. The van der Waals surface area contributed by atoms with Gasteiger partial charge >= 0.3 is 0 Å². The molecule has 0 radical (unpaired) electrons. The van der Waals surface area contributed by atoms with Gasteiger partial charge in [-0.15, -0.1) is 11.3 Å². The second kappa shape index (κ2) is 6.91. The van der Waals surface area contributed by atoms with Gasteiger partial charge in [-0.05, 0) is 23.1 Å². The fourth-order valence-electron chi connectivity index (χ4n) is 2.33. The lowest BCUT2D eigenvalue weighted by atomic mass is 10.1. The van der Waals surface area contributed by atoms with Gasteiger partial charge in [-0.1, -0.05) is 48.6 Å². The van der Waals surface area contributed by atoms with E-state index in [1.165, 1.54) is 11.3 Å². The molecule has 0 aliphatic rings. The highest BCUT2D eigenvalue weighted by molar-refractivity contribution is 7.13. The van der Waals surface area contributed by atoms with Crippen molar-refractivity contribution in [3.05, 3.63) is 87.7 Å². The van der Waals surface area contributed by atoms with Gasteiger partial charge in [0.15, 0.2) is 0 Å². The average Bonchev–Trinajstić information content (AvgIpc) is 3.11. The molecule has 0 bridgehead atoms. The van der Waals surface area contributed by atoms with Gasteiger partial charge in [0.1, 0.15) is 11.6 Å². The predicted molar refractivity (Wildman–Crippen MR) is 94.2 cm³/mol. The SMILES string of the molecule is N#Cc1c(-c2cccs2)ccn(C/C=C/c2ccccc2)c1=O. The maximum atomic E-state index is 12.5. The lowest BCUT2D eigenvalue weighted by Crippen LogP contribution is -2.22. The largest absolute Gasteiger partial charge is 0.311 e. The normalized spacial score (nSPS) is 10.7. The van der Waals surface area contributed by atoms with Gasteiger partial charge in [-0.3, -0.25) is 4.79 Å². The molecule has 0 saturated carbocycles. The lowest BCUT2D eigenvalue weighted by Gasteiger charge is -2.06. The van der Waals surface area contributed by atoms with Crippen LogP contribution in [0.25, 0.3) is 16.5 Å². The van der Waals surface area contributed by atoms with Crippen LogP contribution < -0.4 is 5.56 Å². The molecule has 2 heterocycles. The fraction of sp³-hybridized carbons (Fsp3) is 0.0526. The Kier molecular flexibility index (Phi) is 4.51. The molecule has 0 aliphatic carbocycles. The van der Waals surface area contributed by atoms with E-state index in [1.807, 2.05) is 72.1 Å². The van der Waals surface area contributed by atoms with Crippen molar-refractivity contribution >= 4 is 17.4 Å². The molecule has 0 N–H and O–H groups in total. The van der Waals surface area contributed by atoms with Crippen LogP contribution in [0.2, 0.25) is 0 Å². The second-order valence-corrected chi connectivity index (χ2v) is 5.91. The van der Waals surface area contributed by atoms with E-state index in [0.29, 0.717) is 12.1 Å². The molecule has 4 heteroatoms. The van der Waals surface area contributed by atoms with Crippen molar-refractivity contribution in [1.29, 1.82) is 5.26 Å². The molecule has 3 aromatic rings. The van der Waals surface area contributed by atoms with Crippen LogP contribution in [0, 0.1) is 11.3 Å². The Bertz CT molecular complexity index is 916. The molecular formula is C19H14N2OS. The first-order valence-corrected chi connectivity index (χ1v) is 8.06. The smallest absolute Gasteiger partial charge is 0.269 e. The fourth-order valence-corrected chi connectivity index (χ4v) is 3.09. The van der Waals surface area contributed by atoms with Crippen molar-refractivity contribution in [2.24, 2.45) is 0 Å². The van der Waals surface area contributed by atoms with Crippen molar-refractivity contribution in [2.45, 2.75) is 6.54 Å². The Hall–Kier alpha value is -2.90. The third kappa shape index (κ3) is 3.31. The number of pyridine rings is 1. The molecule has 1 aromatic carbocycles. The standard InChI is InChI=1S/C19H14N2OS/c20-14-17-16(18-9-5-13-23-18)10-12-21(19(17)22)11-4-8-15-6-2-1-3-7-15/h1-10,12-13H,11H2/b8-4+. The first-order chi connectivity index (χ1) is 11.3. The highest BCUT2D eigenvalue weighted by Gasteiger charge is 2.11. The van der Waals surface area contributed by atoms with Gasteiger partial charge in [0.2, 0.25) is 0 Å². The molecule has 0 unspecified atom stereocenters. The third-order valence-corrected chi connectivity index (χ3v) is 4.38. The highest BCUT2D eigenvalue weighted by atomic mass is 32.1. The summed E-state index contributed by atoms with van der Waals surface area (Å²) in [5, 5.41) is 11.3. The number of nitrogens with zero attached hydrogens (tertiary/aromatic N) is 2. The molecule has 0 spiro atoms. The Morgan fingerprint density at radius 3 is 2.65 bits per heavy atom. The van der Waals surface area contributed by atoms with E-state index in [1.54, 1.807) is 10.8 Å². The summed E-state index contributed by atoms with van der Waals surface area (Å²) in [5.74, 6) is 0. The van der Waals surface area contributed by atoms with E-state index in [9.17, 15) is 10.1 Å². The molecule has 0 aliphatic heterocycles. The van der Waals surface area contributed by atoms with Crippen LogP contribution in [0.1, 0.15) is 11.1 Å². The topological polar surface area (TPSA) is 45.8 Å². The van der Waals surface area contributed by atoms with Crippen molar-refractivity contribution in [3.63, 3.8) is 0 Å². The molecule has 112 valence electrons. The van der Waals surface area contributed by atoms with Crippen LogP contribution in [0.4, 0.5) is 0 Å². The summed E-state index contributed by atoms with van der Waals surface area (Å²) >= 11 is 1.52. The maximum Gasteiger partial charge on any atom is 0.269 e. The zero-order valence-electron chi connectivity index (χ0n) is 12.3. The lowest BCUT2D eigenvalue weighted by molar-refractivity contribution is 0.779. The summed E-state index contributed by atoms with van der Waals surface area (Å²) < 4.78 is 1.55. The van der Waals surface area contributed by atoms with Crippen molar-refractivity contribution in [2.75, 3.05) is 0 Å². The van der Waals surface area contributed by atoms with Crippen molar-refractivity contribution in [3.8, 4) is 16.5 Å². The van der Waals surface area contributed by atoms with Gasteiger partial charge in [-0.2, -0.15) is 5.26 Å². The monoisotopic (exact) mass is 318 g/mol. The molecule has 0 atom stereocenters. The Morgan fingerprint density at radius 2 is 1.96 bits per heavy atom. The zero-order chi connectivity index (χ0) is 16.1. The number of thiophene rings is 1. The summed E-state index contributed by atoms with van der Waals surface area (Å²) in [6.07, 6.45) is 5.63. The number of hydrogen-bond donors (Lipinski definition) is 0. The molecular weight excluding hydrogens is 304 g/mol. The second-order valence-electron chi connectivity index (χ2n) is 4.96. The van der Waals surface area contributed by atoms with Crippen LogP contribution in [-0.4, -0.2) is 4.57 Å². The van der Waals surface area contributed by atoms with Crippen LogP contribution in [0.5, 0.6) is 0 Å². The van der Waals surface area contributed by atoms with Gasteiger partial charge in [0, 0.05) is 23.2 Å². The van der Waals surface area contributed by atoms with Gasteiger partial charge < -0.3 is 4.57 Å². The van der Waals surface area contributed by atoms with E-state index >= 15 is 0 Å². The van der Waals surface area contributed by atoms with Crippen LogP contribution in [0.15, 0.2) is 71.0 Å². The quantitative estimate of drug-likeness (QED) is 0.725. The number of allylic oxidation sites excluding steroid dienone is 1. The number of nitriles is 1. The minimum Gasteiger partial charge on any atom is -0.311 e. The van der Waals surface area contributed by atoms with E-state index in [2.05, 4.69) is 0 Å².